The Morgan fingerprint density at radius 3 is 2.26 bits per heavy atom. The van der Waals surface area contributed by atoms with Gasteiger partial charge in [-0.15, -0.1) is 0 Å². The molecule has 0 amide bonds. The molecule has 0 spiro atoms. The predicted molar refractivity (Wildman–Crippen MR) is 118 cm³/mol. The second-order valence-corrected chi connectivity index (χ2v) is 7.15. The Kier molecular flexibility index (Phi) is 4.64. The minimum absolute atomic E-state index is 0.962. The van der Waals surface area contributed by atoms with Crippen LogP contribution in [0.25, 0.3) is 27.8 Å². The number of benzene rings is 3. The van der Waals surface area contributed by atoms with Gasteiger partial charge in [-0.3, -0.25) is 0 Å². The Hall–Kier alpha value is -3.12. The van der Waals surface area contributed by atoms with E-state index in [0.29, 0.717) is 0 Å². The molecule has 0 heterocycles. The molecule has 0 heteroatoms. The van der Waals surface area contributed by atoms with Crippen LogP contribution >= 0.6 is 0 Å². The maximum absolute atomic E-state index is 4.00. The highest BCUT2D eigenvalue weighted by Crippen LogP contribution is 2.37. The van der Waals surface area contributed by atoms with Crippen molar-refractivity contribution in [2.45, 2.75) is 20.3 Å². The highest BCUT2D eigenvalue weighted by atomic mass is 14.2. The van der Waals surface area contributed by atoms with Crippen LogP contribution in [0.1, 0.15) is 23.6 Å². The van der Waals surface area contributed by atoms with Gasteiger partial charge in [0.2, 0.25) is 0 Å². The molecule has 0 unspecified atom stereocenters. The van der Waals surface area contributed by atoms with Crippen molar-refractivity contribution in [3.05, 3.63) is 114 Å². The van der Waals surface area contributed by atoms with Crippen molar-refractivity contribution in [1.29, 1.82) is 0 Å². The number of aryl methyl sites for hydroxylation is 1. The highest BCUT2D eigenvalue weighted by Gasteiger charge is 2.18. The zero-order valence-electron chi connectivity index (χ0n) is 16.0. The minimum Gasteiger partial charge on any atom is -0.0988 e. The van der Waals surface area contributed by atoms with Crippen LogP contribution in [-0.2, 0) is 6.42 Å². The van der Waals surface area contributed by atoms with Gasteiger partial charge in [0.1, 0.15) is 0 Å². The van der Waals surface area contributed by atoms with E-state index in [1.54, 1.807) is 0 Å². The maximum Gasteiger partial charge on any atom is -0.00135 e. The lowest BCUT2D eigenvalue weighted by Crippen LogP contribution is -1.88. The van der Waals surface area contributed by atoms with E-state index in [0.717, 1.165) is 6.42 Å². The van der Waals surface area contributed by atoms with E-state index in [9.17, 15) is 0 Å². The fourth-order valence-electron chi connectivity index (χ4n) is 3.95. The molecular formula is C27H24. The molecule has 27 heavy (non-hydrogen) atoms. The number of fused-ring (bicyclic) bond motifs is 1. The van der Waals surface area contributed by atoms with Crippen LogP contribution in [0.3, 0.4) is 0 Å². The van der Waals surface area contributed by atoms with Crippen LogP contribution in [0, 0.1) is 6.92 Å². The smallest absolute Gasteiger partial charge is 0.00135 e. The molecule has 0 atom stereocenters. The Morgan fingerprint density at radius 2 is 1.56 bits per heavy atom. The summed E-state index contributed by atoms with van der Waals surface area (Å²) in [6, 6.07) is 24.3. The standard InChI is InChI=1S/C27H24/c1-4-9-26-20(5-2)16-25-17-22(12-13-27(25)26)24-15-19(3)14-23(18-24)21-10-7-6-8-11-21/h4-15,17-18H,2,16H2,1,3H3/b9-4-. The van der Waals surface area contributed by atoms with Crippen LogP contribution in [0.5, 0.6) is 0 Å². The summed E-state index contributed by atoms with van der Waals surface area (Å²) in [4.78, 5) is 0. The number of allylic oxidation sites excluding steroid dienone is 5. The third-order valence-corrected chi connectivity index (χ3v) is 5.22. The van der Waals surface area contributed by atoms with Gasteiger partial charge in [-0.2, -0.15) is 0 Å². The maximum atomic E-state index is 4.00. The monoisotopic (exact) mass is 348 g/mol. The molecule has 3 aromatic carbocycles. The van der Waals surface area contributed by atoms with E-state index in [1.165, 1.54) is 50.1 Å². The fourth-order valence-corrected chi connectivity index (χ4v) is 3.95. The van der Waals surface area contributed by atoms with Crippen molar-refractivity contribution in [3.63, 3.8) is 0 Å². The van der Waals surface area contributed by atoms with Crippen molar-refractivity contribution in [2.75, 3.05) is 0 Å². The average Bonchev–Trinajstić information content (AvgIpc) is 3.05. The van der Waals surface area contributed by atoms with Crippen molar-refractivity contribution in [2.24, 2.45) is 0 Å². The van der Waals surface area contributed by atoms with Gasteiger partial charge in [0, 0.05) is 0 Å². The molecule has 3 aromatic rings. The van der Waals surface area contributed by atoms with E-state index in [4.69, 9.17) is 0 Å². The van der Waals surface area contributed by atoms with E-state index >= 15 is 0 Å². The molecule has 0 saturated carbocycles. The number of hydrogen-bond acceptors (Lipinski definition) is 0. The topological polar surface area (TPSA) is 0 Å². The predicted octanol–water partition coefficient (Wildman–Crippen LogP) is 7.40. The zero-order chi connectivity index (χ0) is 18.8. The van der Waals surface area contributed by atoms with Crippen LogP contribution in [0.15, 0.2) is 97.1 Å². The van der Waals surface area contributed by atoms with Crippen molar-refractivity contribution >= 4 is 5.57 Å². The van der Waals surface area contributed by atoms with Gasteiger partial charge < -0.3 is 0 Å². The highest BCUT2D eigenvalue weighted by molar-refractivity contribution is 5.86. The van der Waals surface area contributed by atoms with E-state index in [-0.39, 0.29) is 0 Å². The van der Waals surface area contributed by atoms with Crippen LogP contribution in [-0.4, -0.2) is 0 Å². The lowest BCUT2D eigenvalue weighted by molar-refractivity contribution is 1.25. The number of hydrogen-bond donors (Lipinski definition) is 0. The van der Waals surface area contributed by atoms with Crippen LogP contribution in [0.4, 0.5) is 0 Å². The Labute approximate surface area is 162 Å². The second kappa shape index (κ2) is 7.25. The largest absolute Gasteiger partial charge is 0.0988 e. The first-order valence-corrected chi connectivity index (χ1v) is 9.48. The van der Waals surface area contributed by atoms with Crippen molar-refractivity contribution in [1.82, 2.24) is 0 Å². The molecule has 0 aliphatic heterocycles. The third-order valence-electron chi connectivity index (χ3n) is 5.22. The second-order valence-electron chi connectivity index (χ2n) is 7.15. The minimum atomic E-state index is 0.962. The lowest BCUT2D eigenvalue weighted by Gasteiger charge is -2.10. The number of rotatable bonds is 4. The first-order chi connectivity index (χ1) is 13.2. The summed E-state index contributed by atoms with van der Waals surface area (Å²) in [7, 11) is 0. The van der Waals surface area contributed by atoms with E-state index in [1.807, 2.05) is 6.08 Å². The zero-order valence-corrected chi connectivity index (χ0v) is 16.0. The molecule has 0 aromatic heterocycles. The first-order valence-electron chi connectivity index (χ1n) is 9.48. The summed E-state index contributed by atoms with van der Waals surface area (Å²) in [5.41, 5.74) is 11.7. The summed E-state index contributed by atoms with van der Waals surface area (Å²) >= 11 is 0. The van der Waals surface area contributed by atoms with Gasteiger partial charge in [0.05, 0.1) is 0 Å². The Balaban J connectivity index is 1.77. The molecule has 0 N–H and O–H groups in total. The molecule has 132 valence electrons. The summed E-state index contributed by atoms with van der Waals surface area (Å²) in [5, 5.41) is 0. The molecule has 0 radical (unpaired) electrons. The quantitative estimate of drug-likeness (QED) is 0.461. The summed E-state index contributed by atoms with van der Waals surface area (Å²) < 4.78 is 0. The lowest BCUT2D eigenvalue weighted by atomic mass is 9.94. The van der Waals surface area contributed by atoms with E-state index < -0.39 is 0 Å². The third kappa shape index (κ3) is 3.31. The van der Waals surface area contributed by atoms with E-state index in [2.05, 4.69) is 99.3 Å². The summed E-state index contributed by atoms with van der Waals surface area (Å²) in [6.07, 6.45) is 7.26. The van der Waals surface area contributed by atoms with Gasteiger partial charge in [-0.25, -0.2) is 0 Å². The Morgan fingerprint density at radius 1 is 0.815 bits per heavy atom. The van der Waals surface area contributed by atoms with Gasteiger partial charge in [0.15, 0.2) is 0 Å². The summed E-state index contributed by atoms with van der Waals surface area (Å²) in [6.45, 7) is 8.24. The van der Waals surface area contributed by atoms with Crippen molar-refractivity contribution in [3.8, 4) is 22.3 Å². The van der Waals surface area contributed by atoms with Crippen LogP contribution < -0.4 is 0 Å². The molecule has 0 bridgehead atoms. The normalized spacial score (nSPS) is 13.3. The van der Waals surface area contributed by atoms with Gasteiger partial charge in [0.25, 0.3) is 0 Å². The molecular weight excluding hydrogens is 324 g/mol. The van der Waals surface area contributed by atoms with Gasteiger partial charge in [-0.05, 0) is 76.4 Å². The van der Waals surface area contributed by atoms with Gasteiger partial charge >= 0.3 is 0 Å². The molecule has 0 saturated heterocycles. The first kappa shape index (κ1) is 17.3. The fraction of sp³-hybridized carbons (Fsp3) is 0.111. The molecule has 0 nitrogen and oxygen atoms in total. The van der Waals surface area contributed by atoms with Crippen molar-refractivity contribution < 1.29 is 0 Å². The SMILES string of the molecule is C=CC1=C(/C=C\C)c2ccc(-c3cc(C)cc(-c4ccccc4)c3)cc2C1. The molecule has 4 rings (SSSR count). The molecule has 1 aliphatic carbocycles. The van der Waals surface area contributed by atoms with Crippen LogP contribution in [0.2, 0.25) is 0 Å². The molecule has 1 aliphatic rings. The van der Waals surface area contributed by atoms with Gasteiger partial charge in [-0.1, -0.05) is 85.5 Å². The molecule has 0 fully saturated rings. The Bertz CT molecular complexity index is 1060. The average molecular weight is 348 g/mol. The summed E-state index contributed by atoms with van der Waals surface area (Å²) in [5.74, 6) is 0.